The molecule has 1 aliphatic rings. The van der Waals surface area contributed by atoms with E-state index < -0.39 is 28.9 Å². The standard InChI is InChI=1S/C28H23F2N7O3/c29-17-1-3-18(4-2-17)33-26(38)28(9-10-28)27(39)34-19-5-6-22(20(30)15-19)40-23-7-11-32-25-24(23)21(35-36-25)8-13-37-14-12-31-16-37/h1-7,11-12,14-16H,8-10,13H2,(H,33,38)(H,34,39)(H,32,35,36). The van der Waals surface area contributed by atoms with Gasteiger partial charge in [-0.05, 0) is 55.3 Å². The maximum absolute atomic E-state index is 15.1. The Morgan fingerprint density at radius 1 is 0.975 bits per heavy atom. The summed E-state index contributed by atoms with van der Waals surface area (Å²) in [5.41, 5.74) is 0.517. The molecule has 0 radical (unpaired) electrons. The van der Waals surface area contributed by atoms with Crippen LogP contribution in [0.2, 0.25) is 0 Å². The number of nitrogens with one attached hydrogen (secondary N) is 3. The number of rotatable bonds is 9. The molecule has 3 heterocycles. The molecule has 0 spiro atoms. The molecule has 3 aromatic heterocycles. The van der Waals surface area contributed by atoms with E-state index in [1.165, 1.54) is 42.6 Å². The fraction of sp³-hybridized carbons (Fsp3) is 0.179. The first-order chi connectivity index (χ1) is 19.4. The number of hydrogen-bond donors (Lipinski definition) is 3. The lowest BCUT2D eigenvalue weighted by Gasteiger charge is -2.16. The van der Waals surface area contributed by atoms with E-state index in [0.29, 0.717) is 48.3 Å². The number of carbonyl (C=O) groups is 2. The Morgan fingerprint density at radius 2 is 1.73 bits per heavy atom. The summed E-state index contributed by atoms with van der Waals surface area (Å²) < 4.78 is 36.1. The molecule has 1 saturated carbocycles. The molecule has 1 aliphatic carbocycles. The molecule has 0 bridgehead atoms. The summed E-state index contributed by atoms with van der Waals surface area (Å²) in [5.74, 6) is -1.85. The number of aromatic amines is 1. The molecule has 0 aliphatic heterocycles. The Balaban J connectivity index is 1.15. The summed E-state index contributed by atoms with van der Waals surface area (Å²) in [4.78, 5) is 34.0. The van der Waals surface area contributed by atoms with Gasteiger partial charge in [0, 0.05) is 49.0 Å². The third-order valence-corrected chi connectivity index (χ3v) is 6.80. The highest BCUT2D eigenvalue weighted by Gasteiger charge is 2.56. The lowest BCUT2D eigenvalue weighted by molar-refractivity contribution is -0.131. The van der Waals surface area contributed by atoms with Crippen molar-refractivity contribution >= 4 is 34.2 Å². The van der Waals surface area contributed by atoms with Crippen LogP contribution in [0, 0.1) is 17.0 Å². The van der Waals surface area contributed by atoms with Gasteiger partial charge in [-0.1, -0.05) is 0 Å². The number of carbonyl (C=O) groups excluding carboxylic acids is 2. The molecular weight excluding hydrogens is 520 g/mol. The Morgan fingerprint density at radius 3 is 2.42 bits per heavy atom. The van der Waals surface area contributed by atoms with E-state index in [9.17, 15) is 14.0 Å². The van der Waals surface area contributed by atoms with Crippen molar-refractivity contribution in [3.8, 4) is 11.5 Å². The zero-order valence-corrected chi connectivity index (χ0v) is 21.0. The summed E-state index contributed by atoms with van der Waals surface area (Å²) in [6.45, 7) is 0.651. The Bertz CT molecular complexity index is 1700. The van der Waals surface area contributed by atoms with Crippen LogP contribution in [0.25, 0.3) is 11.0 Å². The Kier molecular flexibility index (Phi) is 6.42. The second kappa shape index (κ2) is 10.2. The molecule has 202 valence electrons. The largest absolute Gasteiger partial charge is 0.453 e. The minimum absolute atomic E-state index is 0.0533. The predicted octanol–water partition coefficient (Wildman–Crippen LogP) is 4.83. The highest BCUT2D eigenvalue weighted by Crippen LogP contribution is 2.47. The first-order valence-corrected chi connectivity index (χ1v) is 12.5. The van der Waals surface area contributed by atoms with Crippen molar-refractivity contribution in [3.05, 3.63) is 90.8 Å². The third kappa shape index (κ3) is 4.98. The molecule has 3 N–H and O–H groups in total. The van der Waals surface area contributed by atoms with Crippen LogP contribution in [0.1, 0.15) is 18.5 Å². The second-order valence-corrected chi connectivity index (χ2v) is 9.50. The van der Waals surface area contributed by atoms with Crippen LogP contribution in [0.4, 0.5) is 20.2 Å². The molecule has 5 aromatic rings. The number of ether oxygens (including phenoxy) is 1. The van der Waals surface area contributed by atoms with Gasteiger partial charge in [-0.3, -0.25) is 14.7 Å². The van der Waals surface area contributed by atoms with Crippen LogP contribution in [0.3, 0.4) is 0 Å². The molecule has 40 heavy (non-hydrogen) atoms. The molecule has 1 fully saturated rings. The van der Waals surface area contributed by atoms with Gasteiger partial charge in [-0.2, -0.15) is 5.10 Å². The number of amides is 2. The third-order valence-electron chi connectivity index (χ3n) is 6.80. The van der Waals surface area contributed by atoms with Gasteiger partial charge in [-0.15, -0.1) is 0 Å². The van der Waals surface area contributed by atoms with Crippen molar-refractivity contribution in [2.75, 3.05) is 10.6 Å². The molecule has 0 atom stereocenters. The van der Waals surface area contributed by atoms with Crippen molar-refractivity contribution < 1.29 is 23.1 Å². The summed E-state index contributed by atoms with van der Waals surface area (Å²) in [5, 5.41) is 13.1. The molecule has 2 amide bonds. The highest BCUT2D eigenvalue weighted by molar-refractivity contribution is 6.16. The number of hydrogen-bond acceptors (Lipinski definition) is 6. The number of aryl methyl sites for hydroxylation is 2. The number of imidazole rings is 1. The van der Waals surface area contributed by atoms with Crippen molar-refractivity contribution in [2.45, 2.75) is 25.8 Å². The van der Waals surface area contributed by atoms with E-state index in [1.807, 2.05) is 10.8 Å². The number of anilines is 2. The summed E-state index contributed by atoms with van der Waals surface area (Å²) >= 11 is 0. The van der Waals surface area contributed by atoms with Gasteiger partial charge in [0.05, 0.1) is 17.4 Å². The van der Waals surface area contributed by atoms with Crippen LogP contribution in [-0.2, 0) is 22.6 Å². The zero-order valence-electron chi connectivity index (χ0n) is 21.0. The number of H-pyrrole nitrogens is 1. The molecule has 0 unspecified atom stereocenters. The van der Waals surface area contributed by atoms with E-state index >= 15 is 4.39 Å². The molecular formula is C28H23F2N7O3. The molecule has 10 nitrogen and oxygen atoms in total. The second-order valence-electron chi connectivity index (χ2n) is 9.50. The molecule has 2 aromatic carbocycles. The summed E-state index contributed by atoms with van der Waals surface area (Å²) in [6.07, 6.45) is 8.08. The minimum Gasteiger partial charge on any atom is -0.453 e. The van der Waals surface area contributed by atoms with Crippen molar-refractivity contribution in [1.29, 1.82) is 0 Å². The normalized spacial score (nSPS) is 13.7. The first kappa shape index (κ1) is 25.2. The maximum atomic E-state index is 15.1. The summed E-state index contributed by atoms with van der Waals surface area (Å²) in [6, 6.07) is 10.9. The lowest BCUT2D eigenvalue weighted by atomic mass is 10.0. The number of fused-ring (bicyclic) bond motifs is 1. The van der Waals surface area contributed by atoms with Crippen molar-refractivity contribution in [3.63, 3.8) is 0 Å². The molecule has 12 heteroatoms. The highest BCUT2D eigenvalue weighted by atomic mass is 19.1. The SMILES string of the molecule is O=C(Nc1ccc(F)cc1)C1(C(=O)Nc2ccc(Oc3ccnc4n[nH]c(CCn5ccnc5)c34)c(F)c2)CC1. The van der Waals surface area contributed by atoms with Crippen LogP contribution < -0.4 is 15.4 Å². The Hall–Kier alpha value is -5.13. The van der Waals surface area contributed by atoms with Crippen LogP contribution in [-0.4, -0.2) is 36.5 Å². The van der Waals surface area contributed by atoms with Gasteiger partial charge in [0.1, 0.15) is 17.0 Å². The maximum Gasteiger partial charge on any atom is 0.240 e. The minimum atomic E-state index is -1.27. The van der Waals surface area contributed by atoms with Gasteiger partial charge < -0.3 is 19.9 Å². The lowest BCUT2D eigenvalue weighted by Crippen LogP contribution is -2.35. The van der Waals surface area contributed by atoms with Crippen LogP contribution >= 0.6 is 0 Å². The predicted molar refractivity (Wildman–Crippen MR) is 142 cm³/mol. The fourth-order valence-electron chi connectivity index (χ4n) is 4.40. The smallest absolute Gasteiger partial charge is 0.240 e. The molecule has 6 rings (SSSR count). The number of halogens is 2. The summed E-state index contributed by atoms with van der Waals surface area (Å²) in [7, 11) is 0. The van der Waals surface area contributed by atoms with E-state index in [2.05, 4.69) is 30.8 Å². The van der Waals surface area contributed by atoms with Gasteiger partial charge in [0.2, 0.25) is 11.8 Å². The van der Waals surface area contributed by atoms with Gasteiger partial charge in [0.15, 0.2) is 17.2 Å². The van der Waals surface area contributed by atoms with E-state index in [0.717, 1.165) is 11.8 Å². The van der Waals surface area contributed by atoms with E-state index in [1.54, 1.807) is 18.6 Å². The van der Waals surface area contributed by atoms with Crippen LogP contribution in [0.15, 0.2) is 73.4 Å². The van der Waals surface area contributed by atoms with Crippen LogP contribution in [0.5, 0.6) is 11.5 Å². The number of benzene rings is 2. The average Bonchev–Trinajstić information content (AvgIpc) is 3.40. The van der Waals surface area contributed by atoms with Crippen molar-refractivity contribution in [2.24, 2.45) is 5.41 Å². The quantitative estimate of drug-likeness (QED) is 0.229. The monoisotopic (exact) mass is 543 g/mol. The van der Waals surface area contributed by atoms with Gasteiger partial charge in [0.25, 0.3) is 0 Å². The Labute approximate surface area is 226 Å². The fourth-order valence-corrected chi connectivity index (χ4v) is 4.40. The number of pyridine rings is 1. The number of nitrogens with zero attached hydrogens (tertiary/aromatic N) is 4. The van der Waals surface area contributed by atoms with Gasteiger partial charge in [-0.25, -0.2) is 18.7 Å². The van der Waals surface area contributed by atoms with E-state index in [-0.39, 0.29) is 11.4 Å². The van der Waals surface area contributed by atoms with E-state index in [4.69, 9.17) is 4.74 Å². The average molecular weight is 544 g/mol. The zero-order chi connectivity index (χ0) is 27.7. The van der Waals surface area contributed by atoms with Gasteiger partial charge >= 0.3 is 0 Å². The number of aromatic nitrogens is 5. The topological polar surface area (TPSA) is 127 Å². The molecule has 0 saturated heterocycles. The van der Waals surface area contributed by atoms with Crippen molar-refractivity contribution in [1.82, 2.24) is 24.7 Å². The first-order valence-electron chi connectivity index (χ1n) is 12.5.